The maximum Gasteiger partial charge on any atom is 0.416 e. The topological polar surface area (TPSA) is 170 Å². The Bertz CT molecular complexity index is 932. The lowest BCUT2D eigenvalue weighted by Gasteiger charge is -2.18. The van der Waals surface area contributed by atoms with Crippen molar-refractivity contribution in [3.63, 3.8) is 0 Å². The van der Waals surface area contributed by atoms with E-state index in [-0.39, 0.29) is 41.8 Å². The number of rotatable bonds is 8. The van der Waals surface area contributed by atoms with Crippen LogP contribution in [0.15, 0.2) is 28.9 Å². The van der Waals surface area contributed by atoms with Crippen LogP contribution in [0.4, 0.5) is 24.7 Å². The summed E-state index contributed by atoms with van der Waals surface area (Å²) in [5.74, 6) is -0.752. The molecule has 1 aromatic carbocycles. The highest BCUT2D eigenvalue weighted by atomic mass is 32.2. The van der Waals surface area contributed by atoms with E-state index >= 15 is 0 Å². The molecule has 1 heterocycles. The van der Waals surface area contributed by atoms with Gasteiger partial charge in [0.05, 0.1) is 11.3 Å². The van der Waals surface area contributed by atoms with Crippen LogP contribution in [0.3, 0.4) is 0 Å². The molecule has 0 saturated heterocycles. The highest BCUT2D eigenvalue weighted by molar-refractivity contribution is 7.87. The third-order valence-electron chi connectivity index (χ3n) is 3.29. The number of hydroxylamine groups is 1. The van der Waals surface area contributed by atoms with Gasteiger partial charge in [-0.15, -0.1) is 0 Å². The summed E-state index contributed by atoms with van der Waals surface area (Å²) in [6, 6.07) is 3.73. The van der Waals surface area contributed by atoms with Crippen molar-refractivity contribution < 1.29 is 31.4 Å². The van der Waals surface area contributed by atoms with Crippen molar-refractivity contribution >= 4 is 27.6 Å². The van der Waals surface area contributed by atoms with Gasteiger partial charge in [-0.2, -0.15) is 21.6 Å². The molecule has 0 aliphatic carbocycles. The Morgan fingerprint density at radius 2 is 2.04 bits per heavy atom. The molecule has 6 N–H and O–H groups in total. The second-order valence-corrected chi connectivity index (χ2v) is 6.77. The third kappa shape index (κ3) is 5.88. The third-order valence-corrected chi connectivity index (χ3v) is 3.90. The molecule has 28 heavy (non-hydrogen) atoms. The lowest BCUT2D eigenvalue weighted by atomic mass is 10.2. The van der Waals surface area contributed by atoms with Crippen LogP contribution < -0.4 is 20.2 Å². The summed E-state index contributed by atoms with van der Waals surface area (Å²) in [5.41, 5.74) is -1.58. The number of alkyl halides is 3. The van der Waals surface area contributed by atoms with Gasteiger partial charge in [0.15, 0.2) is 11.5 Å². The first-order valence-electron chi connectivity index (χ1n) is 7.58. The molecule has 2 aromatic rings. The van der Waals surface area contributed by atoms with Gasteiger partial charge >= 0.3 is 6.18 Å². The van der Waals surface area contributed by atoms with Crippen LogP contribution in [0, 0.1) is 5.41 Å². The van der Waals surface area contributed by atoms with E-state index in [0.717, 1.165) is 12.1 Å². The molecule has 0 amide bonds. The smallest absolute Gasteiger partial charge is 0.365 e. The molecule has 0 aliphatic rings. The Hall–Kier alpha value is -2.75. The maximum absolute atomic E-state index is 12.8. The minimum absolute atomic E-state index is 0.0280. The molecule has 0 bridgehead atoms. The van der Waals surface area contributed by atoms with Crippen molar-refractivity contribution in [3.05, 3.63) is 35.5 Å². The summed E-state index contributed by atoms with van der Waals surface area (Å²) in [7, 11) is -3.81. The Labute approximate surface area is 156 Å². The molecule has 0 fully saturated rings. The number of nitrogens with zero attached hydrogens (tertiary/aromatic N) is 3. The first-order chi connectivity index (χ1) is 13.0. The number of anilines is 2. The summed E-state index contributed by atoms with van der Waals surface area (Å²) in [4.78, 5) is 0. The van der Waals surface area contributed by atoms with Crippen LogP contribution in [-0.4, -0.2) is 42.9 Å². The van der Waals surface area contributed by atoms with Gasteiger partial charge in [-0.25, -0.2) is 19.6 Å². The van der Waals surface area contributed by atoms with Crippen molar-refractivity contribution in [1.82, 2.24) is 15.0 Å². The van der Waals surface area contributed by atoms with Crippen molar-refractivity contribution in [2.24, 2.45) is 5.14 Å². The van der Waals surface area contributed by atoms with Crippen LogP contribution in [0.25, 0.3) is 0 Å². The Kier molecular flexibility index (Phi) is 6.55. The van der Waals surface area contributed by atoms with Gasteiger partial charge in [-0.05, 0) is 34.9 Å². The predicted molar refractivity (Wildman–Crippen MR) is 91.1 cm³/mol. The Balaban J connectivity index is 2.04. The fraction of sp³-hybridized carbons (Fsp3) is 0.308. The molecule has 0 spiro atoms. The quantitative estimate of drug-likeness (QED) is 0.180. The minimum atomic E-state index is -4.62. The van der Waals surface area contributed by atoms with Crippen LogP contribution in [-0.2, 0) is 16.4 Å². The van der Waals surface area contributed by atoms with Gasteiger partial charge in [0, 0.05) is 13.1 Å². The normalized spacial score (nSPS) is 12.0. The largest absolute Gasteiger partial charge is 0.416 e. The summed E-state index contributed by atoms with van der Waals surface area (Å²) in [6.07, 6.45) is -4.33. The van der Waals surface area contributed by atoms with Crippen molar-refractivity contribution in [1.29, 1.82) is 5.41 Å². The second-order valence-electron chi connectivity index (χ2n) is 5.39. The van der Waals surface area contributed by atoms with Crippen molar-refractivity contribution in [2.75, 3.05) is 23.5 Å². The van der Waals surface area contributed by atoms with Gasteiger partial charge in [0.2, 0.25) is 5.82 Å². The van der Waals surface area contributed by atoms with Crippen LogP contribution in [0.1, 0.15) is 17.7 Å². The number of aromatic nitrogens is 2. The lowest BCUT2D eigenvalue weighted by Crippen LogP contribution is -2.32. The number of nitrogens with one attached hydrogen (secondary N) is 3. The SMILES string of the molecule is N=C(c1nonc1NCCCNS(N)(=O)=O)N(O)c1cccc(C(F)(F)F)c1. The monoisotopic (exact) mass is 423 g/mol. The molecule has 0 saturated carbocycles. The zero-order valence-electron chi connectivity index (χ0n) is 14.1. The van der Waals surface area contributed by atoms with Gasteiger partial charge in [-0.3, -0.25) is 10.6 Å². The molecular weight excluding hydrogens is 407 g/mol. The average Bonchev–Trinajstić information content (AvgIpc) is 3.07. The van der Waals surface area contributed by atoms with E-state index in [2.05, 4.69) is 25.0 Å². The highest BCUT2D eigenvalue weighted by Gasteiger charge is 2.31. The molecule has 0 aliphatic heterocycles. The molecule has 15 heteroatoms. The Morgan fingerprint density at radius 3 is 2.68 bits per heavy atom. The van der Waals surface area contributed by atoms with Gasteiger partial charge in [-0.1, -0.05) is 6.07 Å². The lowest BCUT2D eigenvalue weighted by molar-refractivity contribution is -0.137. The maximum atomic E-state index is 12.8. The first-order valence-corrected chi connectivity index (χ1v) is 9.12. The number of benzene rings is 1. The van der Waals surface area contributed by atoms with Gasteiger partial charge in [0.25, 0.3) is 10.2 Å². The fourth-order valence-corrected chi connectivity index (χ4v) is 2.44. The molecular formula is C13H16F3N7O4S. The fourth-order valence-electron chi connectivity index (χ4n) is 2.01. The molecule has 0 radical (unpaired) electrons. The predicted octanol–water partition coefficient (Wildman–Crippen LogP) is 0.905. The number of nitrogens with two attached hydrogens (primary N) is 1. The minimum Gasteiger partial charge on any atom is -0.365 e. The van der Waals surface area contributed by atoms with Crippen molar-refractivity contribution in [3.8, 4) is 0 Å². The van der Waals surface area contributed by atoms with E-state index in [0.29, 0.717) is 6.07 Å². The first kappa shape index (κ1) is 21.5. The summed E-state index contributed by atoms with van der Waals surface area (Å²) >= 11 is 0. The van der Waals surface area contributed by atoms with E-state index in [1.54, 1.807) is 0 Å². The molecule has 0 unspecified atom stereocenters. The summed E-state index contributed by atoms with van der Waals surface area (Å²) in [5, 5.41) is 32.6. The highest BCUT2D eigenvalue weighted by Crippen LogP contribution is 2.31. The van der Waals surface area contributed by atoms with E-state index < -0.39 is 27.8 Å². The molecule has 0 atom stereocenters. The zero-order valence-corrected chi connectivity index (χ0v) is 14.9. The van der Waals surface area contributed by atoms with Crippen LogP contribution in [0.5, 0.6) is 0 Å². The van der Waals surface area contributed by atoms with Crippen molar-refractivity contribution in [2.45, 2.75) is 12.6 Å². The molecule has 154 valence electrons. The Morgan fingerprint density at radius 1 is 1.32 bits per heavy atom. The average molecular weight is 423 g/mol. The number of hydrogen-bond acceptors (Lipinski definition) is 8. The standard InChI is InChI=1S/C13H16F3N7O4S/c14-13(15,16)8-3-1-4-9(7-8)23(24)11(17)10-12(22-27-21-10)19-5-2-6-20-28(18,25)26/h1,3-4,7,17,20,24H,2,5-6H2,(H,19,22)(H2,18,25,26). The second kappa shape index (κ2) is 8.51. The molecule has 2 rings (SSSR count). The van der Waals surface area contributed by atoms with E-state index in [1.165, 1.54) is 6.07 Å². The summed E-state index contributed by atoms with van der Waals surface area (Å²) in [6.45, 7) is 0.201. The van der Waals surface area contributed by atoms with Gasteiger partial charge in [0.1, 0.15) is 0 Å². The van der Waals surface area contributed by atoms with E-state index in [9.17, 15) is 26.8 Å². The number of amidine groups is 1. The summed E-state index contributed by atoms with van der Waals surface area (Å²) < 4.78 is 66.4. The van der Waals surface area contributed by atoms with E-state index in [1.807, 2.05) is 0 Å². The number of hydrogen-bond donors (Lipinski definition) is 5. The molecule has 11 nitrogen and oxygen atoms in total. The number of halogens is 3. The van der Waals surface area contributed by atoms with Crippen LogP contribution >= 0.6 is 0 Å². The zero-order chi connectivity index (χ0) is 20.9. The van der Waals surface area contributed by atoms with Crippen LogP contribution in [0.2, 0.25) is 0 Å². The van der Waals surface area contributed by atoms with Gasteiger partial charge < -0.3 is 5.32 Å². The van der Waals surface area contributed by atoms with E-state index in [4.69, 9.17) is 10.5 Å². The molecule has 1 aromatic heterocycles.